The van der Waals surface area contributed by atoms with Crippen molar-refractivity contribution < 1.29 is 19.0 Å². The number of rotatable bonds is 5. The molecule has 0 saturated carbocycles. The summed E-state index contributed by atoms with van der Waals surface area (Å²) < 4.78 is 16.5. The average Bonchev–Trinajstić information content (AvgIpc) is 2.55. The van der Waals surface area contributed by atoms with E-state index in [4.69, 9.17) is 14.2 Å². The molecule has 7 heteroatoms. The number of carbonyl (C=O) groups is 1. The van der Waals surface area contributed by atoms with Crippen molar-refractivity contribution in [1.29, 1.82) is 0 Å². The molecule has 0 aromatic heterocycles. The van der Waals surface area contributed by atoms with E-state index in [1.807, 2.05) is 18.2 Å². The minimum absolute atomic E-state index is 0.383. The van der Waals surface area contributed by atoms with Crippen LogP contribution in [-0.4, -0.2) is 27.4 Å². The van der Waals surface area contributed by atoms with Gasteiger partial charge in [-0.1, -0.05) is 12.1 Å². The lowest BCUT2D eigenvalue weighted by Gasteiger charge is -2.15. The van der Waals surface area contributed by atoms with Gasteiger partial charge in [-0.15, -0.1) is 0 Å². The Kier molecular flexibility index (Phi) is 5.70. The van der Waals surface area contributed by atoms with Gasteiger partial charge in [-0.3, -0.25) is 0 Å². The number of para-hydroxylation sites is 1. The van der Waals surface area contributed by atoms with E-state index in [9.17, 15) is 4.79 Å². The first-order valence-electron chi connectivity index (χ1n) is 6.71. The number of ether oxygens (including phenoxy) is 3. The van der Waals surface area contributed by atoms with Gasteiger partial charge in [0.25, 0.3) is 0 Å². The lowest BCUT2D eigenvalue weighted by atomic mass is 10.2. The molecule has 0 saturated heterocycles. The van der Waals surface area contributed by atoms with Crippen LogP contribution in [0.25, 0.3) is 0 Å². The van der Waals surface area contributed by atoms with E-state index >= 15 is 0 Å². The maximum atomic E-state index is 12.1. The van der Waals surface area contributed by atoms with Crippen molar-refractivity contribution in [3.8, 4) is 17.2 Å². The molecule has 23 heavy (non-hydrogen) atoms. The van der Waals surface area contributed by atoms with Crippen LogP contribution >= 0.6 is 15.9 Å². The Bertz CT molecular complexity index is 681. The van der Waals surface area contributed by atoms with Crippen LogP contribution in [0.5, 0.6) is 17.2 Å². The number of amides is 2. The van der Waals surface area contributed by atoms with E-state index in [0.717, 1.165) is 4.47 Å². The summed E-state index contributed by atoms with van der Waals surface area (Å²) in [6.45, 7) is 0. The maximum absolute atomic E-state index is 12.1. The van der Waals surface area contributed by atoms with Gasteiger partial charge >= 0.3 is 6.03 Å². The van der Waals surface area contributed by atoms with Crippen molar-refractivity contribution in [3.63, 3.8) is 0 Å². The first-order chi connectivity index (χ1) is 11.1. The van der Waals surface area contributed by atoms with Gasteiger partial charge in [0.1, 0.15) is 0 Å². The van der Waals surface area contributed by atoms with Crippen molar-refractivity contribution in [2.24, 2.45) is 0 Å². The van der Waals surface area contributed by atoms with Gasteiger partial charge in [0.2, 0.25) is 5.75 Å². The van der Waals surface area contributed by atoms with Crippen LogP contribution in [0, 0.1) is 0 Å². The lowest BCUT2D eigenvalue weighted by Crippen LogP contribution is -2.19. The molecule has 122 valence electrons. The Hall–Kier alpha value is -2.41. The van der Waals surface area contributed by atoms with Gasteiger partial charge in [-0.05, 0) is 28.1 Å². The second kappa shape index (κ2) is 7.73. The van der Waals surface area contributed by atoms with Crippen LogP contribution < -0.4 is 24.8 Å². The number of carbonyl (C=O) groups excluding carboxylic acids is 1. The third-order valence-electron chi connectivity index (χ3n) is 3.04. The fourth-order valence-corrected chi connectivity index (χ4v) is 2.38. The Labute approximate surface area is 142 Å². The highest BCUT2D eigenvalue weighted by molar-refractivity contribution is 9.10. The van der Waals surface area contributed by atoms with Gasteiger partial charge in [0, 0.05) is 16.6 Å². The molecule has 0 fully saturated rings. The number of methoxy groups -OCH3 is 3. The van der Waals surface area contributed by atoms with Crippen LogP contribution in [0.2, 0.25) is 0 Å². The van der Waals surface area contributed by atoms with Crippen LogP contribution in [-0.2, 0) is 0 Å². The van der Waals surface area contributed by atoms with Gasteiger partial charge in [-0.2, -0.15) is 0 Å². The Morgan fingerprint density at radius 2 is 1.57 bits per heavy atom. The Balaban J connectivity index is 2.19. The molecule has 0 bridgehead atoms. The van der Waals surface area contributed by atoms with E-state index < -0.39 is 0 Å². The molecule has 0 atom stereocenters. The first-order valence-corrected chi connectivity index (χ1v) is 7.51. The molecule has 6 nitrogen and oxygen atoms in total. The molecule has 2 aromatic carbocycles. The van der Waals surface area contributed by atoms with Crippen LogP contribution in [0.3, 0.4) is 0 Å². The summed E-state index contributed by atoms with van der Waals surface area (Å²) in [7, 11) is 4.55. The minimum Gasteiger partial charge on any atom is -0.493 e. The van der Waals surface area contributed by atoms with Crippen molar-refractivity contribution >= 4 is 33.3 Å². The number of hydrogen-bond donors (Lipinski definition) is 2. The molecular formula is C16H17BrN2O4. The zero-order valence-corrected chi connectivity index (χ0v) is 14.6. The molecule has 0 aliphatic rings. The highest BCUT2D eigenvalue weighted by atomic mass is 79.9. The van der Waals surface area contributed by atoms with E-state index in [2.05, 4.69) is 26.6 Å². The normalized spacial score (nSPS) is 9.91. The highest BCUT2D eigenvalue weighted by Gasteiger charge is 2.14. The Morgan fingerprint density at radius 1 is 0.957 bits per heavy atom. The molecule has 2 amide bonds. The molecule has 0 radical (unpaired) electrons. The van der Waals surface area contributed by atoms with E-state index in [1.165, 1.54) is 21.3 Å². The zero-order valence-electron chi connectivity index (χ0n) is 13.0. The topological polar surface area (TPSA) is 68.8 Å². The molecule has 0 aliphatic heterocycles. The SMILES string of the molecule is COc1cc(NC(=O)Nc2ccccc2Br)cc(OC)c1OC. The summed E-state index contributed by atoms with van der Waals surface area (Å²) in [5, 5.41) is 5.48. The molecule has 0 aliphatic carbocycles. The van der Waals surface area contributed by atoms with E-state index in [-0.39, 0.29) is 6.03 Å². The zero-order chi connectivity index (χ0) is 16.8. The predicted octanol–water partition coefficient (Wildman–Crippen LogP) is 4.12. The molecule has 2 aromatic rings. The predicted molar refractivity (Wildman–Crippen MR) is 92.9 cm³/mol. The largest absolute Gasteiger partial charge is 0.493 e. The second-order valence-electron chi connectivity index (χ2n) is 4.47. The lowest BCUT2D eigenvalue weighted by molar-refractivity contribution is 0.262. The third kappa shape index (κ3) is 4.07. The Morgan fingerprint density at radius 3 is 2.09 bits per heavy atom. The summed E-state index contributed by atoms with van der Waals surface area (Å²) >= 11 is 3.38. The van der Waals surface area contributed by atoms with Crippen LogP contribution in [0.4, 0.5) is 16.2 Å². The first kappa shape index (κ1) is 17.0. The molecular weight excluding hydrogens is 364 g/mol. The number of benzene rings is 2. The molecule has 2 rings (SSSR count). The second-order valence-corrected chi connectivity index (χ2v) is 5.33. The van der Waals surface area contributed by atoms with Gasteiger partial charge < -0.3 is 24.8 Å². The standard InChI is InChI=1S/C16H17BrN2O4/c1-21-13-8-10(9-14(22-2)15(13)23-3)18-16(20)19-12-7-5-4-6-11(12)17/h4-9H,1-3H3,(H2,18,19,20). The van der Waals surface area contributed by atoms with Gasteiger partial charge in [0.15, 0.2) is 11.5 Å². The number of anilines is 2. The van der Waals surface area contributed by atoms with Crippen molar-refractivity contribution in [2.45, 2.75) is 0 Å². The molecule has 0 unspecified atom stereocenters. The van der Waals surface area contributed by atoms with Crippen molar-refractivity contribution in [2.75, 3.05) is 32.0 Å². The minimum atomic E-state index is -0.383. The molecule has 0 spiro atoms. The van der Waals surface area contributed by atoms with Crippen molar-refractivity contribution in [1.82, 2.24) is 0 Å². The number of halogens is 1. The summed E-state index contributed by atoms with van der Waals surface area (Å²) in [4.78, 5) is 12.1. The third-order valence-corrected chi connectivity index (χ3v) is 3.74. The smallest absolute Gasteiger partial charge is 0.323 e. The van der Waals surface area contributed by atoms with Gasteiger partial charge in [0.05, 0.1) is 32.7 Å². The summed E-state index contributed by atoms with van der Waals surface area (Å²) in [5.74, 6) is 1.39. The van der Waals surface area contributed by atoms with Crippen LogP contribution in [0.15, 0.2) is 40.9 Å². The number of hydrogen-bond acceptors (Lipinski definition) is 4. The summed E-state index contributed by atoms with van der Waals surface area (Å²) in [5.41, 5.74) is 1.18. The fourth-order valence-electron chi connectivity index (χ4n) is 2.00. The van der Waals surface area contributed by atoms with Gasteiger partial charge in [-0.25, -0.2) is 4.79 Å². The number of urea groups is 1. The highest BCUT2D eigenvalue weighted by Crippen LogP contribution is 2.39. The van der Waals surface area contributed by atoms with E-state index in [0.29, 0.717) is 28.6 Å². The number of nitrogens with one attached hydrogen (secondary N) is 2. The summed E-state index contributed by atoms with van der Waals surface area (Å²) in [6.07, 6.45) is 0. The average molecular weight is 381 g/mol. The van der Waals surface area contributed by atoms with Crippen molar-refractivity contribution in [3.05, 3.63) is 40.9 Å². The van der Waals surface area contributed by atoms with Crippen LogP contribution in [0.1, 0.15) is 0 Å². The molecule has 2 N–H and O–H groups in total. The fraction of sp³-hybridized carbons (Fsp3) is 0.188. The maximum Gasteiger partial charge on any atom is 0.323 e. The monoisotopic (exact) mass is 380 g/mol. The quantitative estimate of drug-likeness (QED) is 0.818. The van der Waals surface area contributed by atoms with E-state index in [1.54, 1.807) is 18.2 Å². The summed E-state index contributed by atoms with van der Waals surface area (Å²) in [6, 6.07) is 10.3. The molecule has 0 heterocycles.